The highest BCUT2D eigenvalue weighted by Gasteiger charge is 2.13. The zero-order valence-corrected chi connectivity index (χ0v) is 20.9. The van der Waals surface area contributed by atoms with Crippen LogP contribution in [0.5, 0.6) is 0 Å². The Labute approximate surface area is 192 Å². The number of hydrogen-bond donors (Lipinski definition) is 1. The molecular weight excluding hydrogens is 440 g/mol. The topological polar surface area (TPSA) is 119 Å². The molecule has 0 atom stereocenters. The number of rotatable bonds is 24. The van der Waals surface area contributed by atoms with Gasteiger partial charge in [-0.2, -0.15) is 0 Å². The van der Waals surface area contributed by atoms with Crippen molar-refractivity contribution in [2.45, 2.75) is 45.3 Å². The van der Waals surface area contributed by atoms with E-state index in [0.29, 0.717) is 85.5 Å². The molecule has 190 valence electrons. The summed E-state index contributed by atoms with van der Waals surface area (Å²) in [5.41, 5.74) is 0. The van der Waals surface area contributed by atoms with Crippen LogP contribution in [0.25, 0.3) is 0 Å². The second-order valence-corrected chi connectivity index (χ2v) is 12.4. The zero-order chi connectivity index (χ0) is 23.9. The van der Waals surface area contributed by atoms with Gasteiger partial charge < -0.3 is 38.0 Å². The first-order chi connectivity index (χ1) is 15.3. The molecule has 11 heteroatoms. The van der Waals surface area contributed by atoms with Crippen molar-refractivity contribution < 1.29 is 47.5 Å². The number of unbranched alkanes of at least 4 members (excludes halogenated alkanes) is 1. The van der Waals surface area contributed by atoms with Crippen LogP contribution in [0.15, 0.2) is 0 Å². The summed E-state index contributed by atoms with van der Waals surface area (Å²) in [5, 5.41) is 8.51. The second-order valence-electron chi connectivity index (χ2n) is 7.84. The minimum absolute atomic E-state index is 0.0696. The molecule has 1 N–H and O–H groups in total. The maximum Gasteiger partial charge on any atom is 0.305 e. The summed E-state index contributed by atoms with van der Waals surface area (Å²) < 4.78 is 37.6. The maximum absolute atomic E-state index is 11.4. The molecule has 0 aliphatic carbocycles. The summed E-state index contributed by atoms with van der Waals surface area (Å²) in [6.45, 7) is 12.0. The molecule has 0 amide bonds. The van der Waals surface area contributed by atoms with Crippen LogP contribution in [0.4, 0.5) is 0 Å². The molecule has 0 heterocycles. The van der Waals surface area contributed by atoms with E-state index in [1.165, 1.54) is 0 Å². The number of carbonyl (C=O) groups is 2. The van der Waals surface area contributed by atoms with E-state index in [9.17, 15) is 9.59 Å². The van der Waals surface area contributed by atoms with Crippen LogP contribution in [0, 0.1) is 0 Å². The predicted octanol–water partition coefficient (Wildman–Crippen LogP) is 2.11. The van der Waals surface area contributed by atoms with Gasteiger partial charge in [0.25, 0.3) is 0 Å². The van der Waals surface area contributed by atoms with Crippen molar-refractivity contribution in [2.75, 3.05) is 79.3 Å². The molecule has 0 aromatic heterocycles. The lowest BCUT2D eigenvalue weighted by molar-refractivity contribution is -0.146. The molecule has 0 aliphatic heterocycles. The van der Waals surface area contributed by atoms with E-state index < -0.39 is 14.3 Å². The Morgan fingerprint density at radius 2 is 0.969 bits per heavy atom. The molecule has 0 rings (SSSR count). The summed E-state index contributed by atoms with van der Waals surface area (Å²) in [7, 11) is -1.45. The fourth-order valence-corrected chi connectivity index (χ4v) is 2.92. The Hall–Kier alpha value is -1.08. The number of ether oxygens (including phenoxy) is 6. The molecule has 0 aromatic rings. The quantitative estimate of drug-likeness (QED) is 0.124. The summed E-state index contributed by atoms with van der Waals surface area (Å²) >= 11 is 0. The van der Waals surface area contributed by atoms with Crippen LogP contribution < -0.4 is 0 Å². The van der Waals surface area contributed by atoms with Crippen LogP contribution in [-0.4, -0.2) is 105 Å². The highest BCUT2D eigenvalue weighted by molar-refractivity contribution is 6.69. The van der Waals surface area contributed by atoms with Crippen LogP contribution in [0.3, 0.4) is 0 Å². The van der Waals surface area contributed by atoms with Crippen LogP contribution in [0.2, 0.25) is 19.6 Å². The monoisotopic (exact) mass is 482 g/mol. The fraction of sp³-hybridized carbons (Fsp3) is 0.905. The first-order valence-corrected chi connectivity index (χ1v) is 14.6. The van der Waals surface area contributed by atoms with Crippen molar-refractivity contribution in [3.8, 4) is 0 Å². The zero-order valence-electron chi connectivity index (χ0n) is 19.9. The van der Waals surface area contributed by atoms with E-state index in [4.69, 9.17) is 38.0 Å². The Bertz CT molecular complexity index is 456. The van der Waals surface area contributed by atoms with Crippen molar-refractivity contribution in [1.82, 2.24) is 0 Å². The molecule has 0 fully saturated rings. The lowest BCUT2D eigenvalue weighted by Gasteiger charge is -2.16. The standard InChI is InChI=1S/C21H42O10Si/c1-32(2,3)31-19-17-29-15-13-27-11-9-25-8-10-26-12-14-28-16-18-30-21(24)7-5-4-6-20(22)23/h4-19H2,1-3H3,(H,22,23). The van der Waals surface area contributed by atoms with E-state index in [-0.39, 0.29) is 25.4 Å². The largest absolute Gasteiger partial charge is 0.481 e. The molecule has 0 aromatic carbocycles. The summed E-state index contributed by atoms with van der Waals surface area (Å²) in [4.78, 5) is 21.8. The molecule has 0 aliphatic rings. The molecule has 0 unspecified atom stereocenters. The molecular formula is C21H42O10Si. The molecule has 0 saturated heterocycles. The van der Waals surface area contributed by atoms with Gasteiger partial charge in [-0.15, -0.1) is 0 Å². The minimum atomic E-state index is -1.45. The van der Waals surface area contributed by atoms with Gasteiger partial charge in [-0.25, -0.2) is 0 Å². The summed E-state index contributed by atoms with van der Waals surface area (Å²) in [6, 6.07) is 0. The van der Waals surface area contributed by atoms with Gasteiger partial charge in [0.05, 0.1) is 72.7 Å². The predicted molar refractivity (Wildman–Crippen MR) is 120 cm³/mol. The van der Waals surface area contributed by atoms with Crippen LogP contribution in [-0.2, 0) is 42.4 Å². The Morgan fingerprint density at radius 1 is 0.594 bits per heavy atom. The average Bonchev–Trinajstić information content (AvgIpc) is 2.72. The van der Waals surface area contributed by atoms with E-state index in [0.717, 1.165) is 0 Å². The number of esters is 1. The van der Waals surface area contributed by atoms with Gasteiger partial charge >= 0.3 is 11.9 Å². The lowest BCUT2D eigenvalue weighted by atomic mass is 10.2. The highest BCUT2D eigenvalue weighted by atomic mass is 28.4. The highest BCUT2D eigenvalue weighted by Crippen LogP contribution is 2.02. The second kappa shape index (κ2) is 21.7. The SMILES string of the molecule is C[Si](C)(C)OCCOCCOCCOCCOCCOCCOC(=O)CCCCC(=O)O. The Kier molecular flexibility index (Phi) is 21.0. The summed E-state index contributed by atoms with van der Waals surface area (Å²) in [5.74, 6) is -1.19. The molecule has 0 bridgehead atoms. The normalized spacial score (nSPS) is 11.6. The van der Waals surface area contributed by atoms with E-state index in [2.05, 4.69) is 19.6 Å². The van der Waals surface area contributed by atoms with E-state index in [1.807, 2.05) is 0 Å². The molecule has 10 nitrogen and oxygen atoms in total. The fourth-order valence-electron chi connectivity index (χ4n) is 2.22. The third-order valence-electron chi connectivity index (χ3n) is 3.76. The number of aliphatic carboxylic acids is 1. The van der Waals surface area contributed by atoms with Crippen LogP contribution in [0.1, 0.15) is 25.7 Å². The van der Waals surface area contributed by atoms with E-state index in [1.54, 1.807) is 0 Å². The first kappa shape index (κ1) is 30.9. The molecule has 32 heavy (non-hydrogen) atoms. The smallest absolute Gasteiger partial charge is 0.305 e. The van der Waals surface area contributed by atoms with E-state index >= 15 is 0 Å². The van der Waals surface area contributed by atoms with Gasteiger partial charge in [0.2, 0.25) is 0 Å². The van der Waals surface area contributed by atoms with Gasteiger partial charge in [0.1, 0.15) is 6.61 Å². The minimum Gasteiger partial charge on any atom is -0.481 e. The van der Waals surface area contributed by atoms with Gasteiger partial charge in [0, 0.05) is 12.8 Å². The molecule has 0 radical (unpaired) electrons. The molecule has 0 spiro atoms. The van der Waals surface area contributed by atoms with Crippen molar-refractivity contribution in [3.63, 3.8) is 0 Å². The van der Waals surface area contributed by atoms with Crippen molar-refractivity contribution in [3.05, 3.63) is 0 Å². The van der Waals surface area contributed by atoms with Gasteiger partial charge in [-0.1, -0.05) is 0 Å². The van der Waals surface area contributed by atoms with Crippen molar-refractivity contribution in [2.24, 2.45) is 0 Å². The summed E-state index contributed by atoms with van der Waals surface area (Å²) in [6.07, 6.45) is 1.28. The van der Waals surface area contributed by atoms with Crippen LogP contribution >= 0.6 is 0 Å². The Balaban J connectivity index is 3.15. The van der Waals surface area contributed by atoms with Gasteiger partial charge in [0.15, 0.2) is 8.32 Å². The average molecular weight is 483 g/mol. The number of carboxylic acids is 1. The number of carbonyl (C=O) groups excluding carboxylic acids is 1. The Morgan fingerprint density at radius 3 is 1.38 bits per heavy atom. The third kappa shape index (κ3) is 27.0. The van der Waals surface area contributed by atoms with Gasteiger partial charge in [-0.05, 0) is 32.5 Å². The van der Waals surface area contributed by atoms with Gasteiger partial charge in [-0.3, -0.25) is 9.59 Å². The van der Waals surface area contributed by atoms with Crippen molar-refractivity contribution >= 4 is 20.3 Å². The third-order valence-corrected chi connectivity index (χ3v) is 4.83. The van der Waals surface area contributed by atoms with Crippen molar-refractivity contribution in [1.29, 1.82) is 0 Å². The number of carboxylic acid groups (broad SMARTS) is 1. The maximum atomic E-state index is 11.4. The molecule has 0 saturated carbocycles. The lowest BCUT2D eigenvalue weighted by Crippen LogP contribution is -2.27. The first-order valence-electron chi connectivity index (χ1n) is 11.2. The number of hydrogen-bond acceptors (Lipinski definition) is 9.